The summed E-state index contributed by atoms with van der Waals surface area (Å²) >= 11 is 0.106. The molecule has 1 aromatic carbocycles. The molecular formula is C26H34O4Se. The van der Waals surface area contributed by atoms with Crippen LogP contribution in [-0.2, 0) is 9.53 Å². The van der Waals surface area contributed by atoms with Crippen LogP contribution >= 0.6 is 0 Å². The third-order valence-electron chi connectivity index (χ3n) is 8.27. The van der Waals surface area contributed by atoms with E-state index in [9.17, 15) is 15.0 Å². The quantitative estimate of drug-likeness (QED) is 0.365. The Kier molecular flexibility index (Phi) is 6.51. The second kappa shape index (κ2) is 8.86. The molecule has 2 N–H and O–H groups in total. The fourth-order valence-electron chi connectivity index (χ4n) is 6.39. The number of rotatable bonds is 6. The Bertz CT molecular complexity index is 865. The van der Waals surface area contributed by atoms with E-state index in [0.717, 1.165) is 31.3 Å². The van der Waals surface area contributed by atoms with Crippen molar-refractivity contribution in [2.24, 2.45) is 22.7 Å². The van der Waals surface area contributed by atoms with Gasteiger partial charge in [0.1, 0.15) is 0 Å². The molecule has 1 heterocycles. The van der Waals surface area contributed by atoms with Crippen LogP contribution in [0.5, 0.6) is 0 Å². The Labute approximate surface area is 191 Å². The van der Waals surface area contributed by atoms with Gasteiger partial charge in [-0.15, -0.1) is 0 Å². The van der Waals surface area contributed by atoms with Gasteiger partial charge < -0.3 is 0 Å². The fourth-order valence-corrected chi connectivity index (χ4v) is 9.01. The van der Waals surface area contributed by atoms with Gasteiger partial charge in [-0.25, -0.2) is 0 Å². The number of hydrogen-bond acceptors (Lipinski definition) is 4. The monoisotopic (exact) mass is 490 g/mol. The van der Waals surface area contributed by atoms with E-state index >= 15 is 0 Å². The zero-order valence-corrected chi connectivity index (χ0v) is 20.3. The van der Waals surface area contributed by atoms with Crippen molar-refractivity contribution in [2.75, 3.05) is 13.2 Å². The number of allylic oxidation sites excluding steroid dienone is 1. The van der Waals surface area contributed by atoms with Crippen LogP contribution in [0.3, 0.4) is 0 Å². The summed E-state index contributed by atoms with van der Waals surface area (Å²) in [6.07, 6.45) is 5.87. The molecule has 4 rings (SSSR count). The van der Waals surface area contributed by atoms with Crippen LogP contribution in [0.1, 0.15) is 46.0 Å². The van der Waals surface area contributed by atoms with Gasteiger partial charge in [-0.1, -0.05) is 0 Å². The van der Waals surface area contributed by atoms with E-state index in [-0.39, 0.29) is 49.6 Å². The normalized spacial score (nSPS) is 36.5. The summed E-state index contributed by atoms with van der Waals surface area (Å²) in [5, 5.41) is 21.0. The average molecular weight is 490 g/mol. The van der Waals surface area contributed by atoms with Crippen LogP contribution in [0.15, 0.2) is 54.1 Å². The molecule has 5 heteroatoms. The number of fused-ring (bicyclic) bond motifs is 1. The van der Waals surface area contributed by atoms with Gasteiger partial charge in [0.05, 0.1) is 0 Å². The Balaban J connectivity index is 1.66. The molecular weight excluding hydrogens is 455 g/mol. The van der Waals surface area contributed by atoms with Gasteiger partial charge >= 0.3 is 192 Å². The van der Waals surface area contributed by atoms with E-state index in [2.05, 4.69) is 37.8 Å². The summed E-state index contributed by atoms with van der Waals surface area (Å²) in [5.74, 6) is 0.318. The Hall–Kier alpha value is -1.39. The molecule has 168 valence electrons. The first-order valence-electron chi connectivity index (χ1n) is 11.3. The molecule has 0 spiro atoms. The molecule has 2 fully saturated rings. The molecule has 2 aliphatic carbocycles. The first-order chi connectivity index (χ1) is 14.8. The minimum atomic E-state index is -0.489. The van der Waals surface area contributed by atoms with Gasteiger partial charge in [-0.3, -0.25) is 0 Å². The van der Waals surface area contributed by atoms with E-state index in [1.807, 2.05) is 19.1 Å². The van der Waals surface area contributed by atoms with Crippen molar-refractivity contribution in [1.82, 2.24) is 0 Å². The van der Waals surface area contributed by atoms with E-state index < -0.39 is 11.5 Å². The number of cyclic esters (lactones) is 1. The summed E-state index contributed by atoms with van der Waals surface area (Å²) in [5.41, 5.74) is 1.55. The third kappa shape index (κ3) is 4.06. The summed E-state index contributed by atoms with van der Waals surface area (Å²) in [4.78, 5) is 12.6. The molecule has 31 heavy (non-hydrogen) atoms. The SMILES string of the molecule is C=C1CCC2[C@](C)(CO)C(O)CC[C@]2(C)[C@H]1CC([Se]c1ccccc1)C1=CCOC1=O. The Morgan fingerprint density at radius 3 is 2.65 bits per heavy atom. The van der Waals surface area contributed by atoms with Gasteiger partial charge in [0.2, 0.25) is 0 Å². The van der Waals surface area contributed by atoms with E-state index in [1.165, 1.54) is 10.0 Å². The van der Waals surface area contributed by atoms with Crippen molar-refractivity contribution in [3.8, 4) is 0 Å². The number of ether oxygens (including phenoxy) is 1. The number of carbonyl (C=O) groups is 1. The second-order valence-corrected chi connectivity index (χ2v) is 12.6. The minimum absolute atomic E-state index is 0.00246. The summed E-state index contributed by atoms with van der Waals surface area (Å²) in [6, 6.07) is 10.4. The van der Waals surface area contributed by atoms with Crippen molar-refractivity contribution in [3.05, 3.63) is 54.1 Å². The van der Waals surface area contributed by atoms with Gasteiger partial charge in [-0.2, -0.15) is 0 Å². The molecule has 3 aliphatic rings. The van der Waals surface area contributed by atoms with Crippen molar-refractivity contribution >= 4 is 25.4 Å². The van der Waals surface area contributed by atoms with Gasteiger partial charge in [-0.05, 0) is 0 Å². The molecule has 3 unspecified atom stereocenters. The van der Waals surface area contributed by atoms with Crippen molar-refractivity contribution < 1.29 is 19.7 Å². The van der Waals surface area contributed by atoms with Crippen LogP contribution < -0.4 is 4.46 Å². The first-order valence-corrected chi connectivity index (χ1v) is 13.2. The van der Waals surface area contributed by atoms with E-state index in [1.54, 1.807) is 0 Å². The number of aliphatic hydroxyl groups is 2. The Morgan fingerprint density at radius 2 is 2.00 bits per heavy atom. The van der Waals surface area contributed by atoms with Crippen LogP contribution in [0.25, 0.3) is 0 Å². The van der Waals surface area contributed by atoms with Crippen molar-refractivity contribution in [2.45, 2.75) is 56.9 Å². The number of aliphatic hydroxyl groups excluding tert-OH is 2. The van der Waals surface area contributed by atoms with Gasteiger partial charge in [0, 0.05) is 0 Å². The maximum atomic E-state index is 12.5. The van der Waals surface area contributed by atoms with Crippen LogP contribution in [0.2, 0.25) is 4.82 Å². The molecule has 2 saturated carbocycles. The standard InChI is InChI=1S/C26H34O4Se/c1-17-9-10-22-25(2,13-11-23(28)26(22,3)16-27)20(17)15-21(19-12-14-30-24(19)29)31-18-7-5-4-6-8-18/h4-8,12,20-23,27-28H,1,9-11,13-16H2,2-3H3/t20-,21?,22?,23?,25+,26-/m0/s1. The molecule has 4 nitrogen and oxygen atoms in total. The van der Waals surface area contributed by atoms with Crippen LogP contribution in [0, 0.1) is 22.7 Å². The molecule has 0 saturated heterocycles. The Morgan fingerprint density at radius 1 is 1.26 bits per heavy atom. The number of esters is 1. The van der Waals surface area contributed by atoms with Crippen molar-refractivity contribution in [1.29, 1.82) is 0 Å². The molecule has 0 radical (unpaired) electrons. The third-order valence-corrected chi connectivity index (χ3v) is 10.9. The summed E-state index contributed by atoms with van der Waals surface area (Å²) in [6.45, 7) is 9.23. The fraction of sp³-hybridized carbons (Fsp3) is 0.577. The molecule has 1 aliphatic heterocycles. The van der Waals surface area contributed by atoms with E-state index in [0.29, 0.717) is 13.0 Å². The van der Waals surface area contributed by atoms with Gasteiger partial charge in [0.25, 0.3) is 0 Å². The molecule has 6 atom stereocenters. The maximum absolute atomic E-state index is 12.5. The van der Waals surface area contributed by atoms with E-state index in [4.69, 9.17) is 4.74 Å². The number of hydrogen-bond donors (Lipinski definition) is 2. The van der Waals surface area contributed by atoms with Crippen LogP contribution in [0.4, 0.5) is 0 Å². The second-order valence-electron chi connectivity index (χ2n) is 9.94. The average Bonchev–Trinajstić information content (AvgIpc) is 3.19. The van der Waals surface area contributed by atoms with Crippen molar-refractivity contribution in [3.63, 3.8) is 0 Å². The molecule has 1 aromatic rings. The summed E-state index contributed by atoms with van der Waals surface area (Å²) in [7, 11) is 0. The topological polar surface area (TPSA) is 66.8 Å². The summed E-state index contributed by atoms with van der Waals surface area (Å²) < 4.78 is 6.57. The molecule has 0 amide bonds. The predicted molar refractivity (Wildman–Crippen MR) is 123 cm³/mol. The molecule has 0 bridgehead atoms. The zero-order valence-electron chi connectivity index (χ0n) is 18.5. The predicted octanol–water partition coefficient (Wildman–Crippen LogP) is 3.42. The molecule has 0 aromatic heterocycles. The number of benzene rings is 1. The zero-order chi connectivity index (χ0) is 22.2. The van der Waals surface area contributed by atoms with Gasteiger partial charge in [0.15, 0.2) is 0 Å². The number of carbonyl (C=O) groups excluding carboxylic acids is 1. The first kappa shape index (κ1) is 22.8. The van der Waals surface area contributed by atoms with Crippen LogP contribution in [-0.4, -0.2) is 50.5 Å².